The standard InChI is InChI=1S/C30H40O5/c1-2-3-4-5-12-17-25-20-27(34-29(32-25)23-13-8-6-9-14-23)22-28-21-26(18-19-31)33-30(35-28)24-15-10-7-11-16-24/h6-11,13-16,19,25-30H,2-5,12,17-18,20-22H2,1H3/t25-,26+,27-,28+,29-,30+/m1/s1. The molecule has 2 aromatic rings. The van der Waals surface area contributed by atoms with Crippen molar-refractivity contribution in [3.05, 3.63) is 71.8 Å². The van der Waals surface area contributed by atoms with E-state index in [9.17, 15) is 4.79 Å². The fraction of sp³-hybridized carbons (Fsp3) is 0.567. The van der Waals surface area contributed by atoms with Crippen LogP contribution >= 0.6 is 0 Å². The summed E-state index contributed by atoms with van der Waals surface area (Å²) in [7, 11) is 0. The highest BCUT2D eigenvalue weighted by Crippen LogP contribution is 2.37. The minimum Gasteiger partial charge on any atom is -0.345 e. The number of carbonyl (C=O) groups is 1. The van der Waals surface area contributed by atoms with Crippen LogP contribution in [-0.4, -0.2) is 30.7 Å². The van der Waals surface area contributed by atoms with Gasteiger partial charge in [-0.2, -0.15) is 0 Å². The molecular formula is C30H40O5. The van der Waals surface area contributed by atoms with Gasteiger partial charge in [-0.05, 0) is 6.42 Å². The van der Waals surface area contributed by atoms with Crippen molar-refractivity contribution in [2.24, 2.45) is 0 Å². The Bertz CT molecular complexity index is 858. The van der Waals surface area contributed by atoms with E-state index in [4.69, 9.17) is 18.9 Å². The summed E-state index contributed by atoms with van der Waals surface area (Å²) < 4.78 is 25.4. The minimum absolute atomic E-state index is 0.0333. The van der Waals surface area contributed by atoms with E-state index in [0.29, 0.717) is 12.8 Å². The summed E-state index contributed by atoms with van der Waals surface area (Å²) in [6.45, 7) is 2.25. The summed E-state index contributed by atoms with van der Waals surface area (Å²) in [6.07, 6.45) is 10.2. The zero-order chi connectivity index (χ0) is 24.3. The lowest BCUT2D eigenvalue weighted by Crippen LogP contribution is -2.40. The monoisotopic (exact) mass is 480 g/mol. The molecule has 2 fully saturated rings. The van der Waals surface area contributed by atoms with Crippen LogP contribution in [0.1, 0.15) is 94.8 Å². The Hall–Kier alpha value is -2.05. The van der Waals surface area contributed by atoms with Gasteiger partial charge in [0.25, 0.3) is 0 Å². The summed E-state index contributed by atoms with van der Waals surface area (Å²) in [6, 6.07) is 20.2. The summed E-state index contributed by atoms with van der Waals surface area (Å²) in [5.74, 6) is 0. The van der Waals surface area contributed by atoms with Crippen LogP contribution < -0.4 is 0 Å². The smallest absolute Gasteiger partial charge is 0.184 e. The number of hydrogen-bond acceptors (Lipinski definition) is 5. The molecule has 2 aromatic carbocycles. The number of benzene rings is 2. The molecule has 0 N–H and O–H groups in total. The van der Waals surface area contributed by atoms with Gasteiger partial charge in [-0.3, -0.25) is 0 Å². The molecule has 0 aromatic heterocycles. The van der Waals surface area contributed by atoms with Crippen LogP contribution in [0.25, 0.3) is 0 Å². The maximum Gasteiger partial charge on any atom is 0.184 e. The van der Waals surface area contributed by atoms with E-state index in [-0.39, 0.29) is 30.7 Å². The van der Waals surface area contributed by atoms with E-state index in [1.54, 1.807) is 0 Å². The van der Waals surface area contributed by atoms with Crippen molar-refractivity contribution in [1.29, 1.82) is 0 Å². The lowest BCUT2D eigenvalue weighted by atomic mass is 9.95. The van der Waals surface area contributed by atoms with Gasteiger partial charge in [0, 0.05) is 36.8 Å². The van der Waals surface area contributed by atoms with Crippen LogP contribution in [0, 0.1) is 0 Å². The summed E-state index contributed by atoms with van der Waals surface area (Å²) in [4.78, 5) is 11.3. The number of carbonyl (C=O) groups excluding carboxylic acids is 1. The van der Waals surface area contributed by atoms with Crippen LogP contribution in [0.5, 0.6) is 0 Å². The molecule has 190 valence electrons. The van der Waals surface area contributed by atoms with E-state index in [2.05, 4.69) is 19.1 Å². The molecule has 0 saturated carbocycles. The number of hydrogen-bond donors (Lipinski definition) is 0. The SMILES string of the molecule is CCCCCCC[C@@H]1C[C@H](C[C@@H]2C[C@H](CC=O)O[C@H](c3ccccc3)O2)O[C@H](c2ccccc2)O1. The molecule has 0 amide bonds. The highest BCUT2D eigenvalue weighted by molar-refractivity contribution is 5.50. The third-order valence-electron chi connectivity index (χ3n) is 6.97. The molecule has 5 nitrogen and oxygen atoms in total. The third kappa shape index (κ3) is 7.97. The molecular weight excluding hydrogens is 440 g/mol. The first-order chi connectivity index (χ1) is 17.2. The predicted octanol–water partition coefficient (Wildman–Crippen LogP) is 7.07. The quantitative estimate of drug-likeness (QED) is 0.240. The second-order valence-electron chi connectivity index (χ2n) is 9.83. The maximum atomic E-state index is 11.3. The average Bonchev–Trinajstić information content (AvgIpc) is 2.89. The molecule has 0 spiro atoms. The Morgan fingerprint density at radius 1 is 0.686 bits per heavy atom. The van der Waals surface area contributed by atoms with Gasteiger partial charge < -0.3 is 23.7 Å². The Balaban J connectivity index is 1.42. The van der Waals surface area contributed by atoms with E-state index < -0.39 is 6.29 Å². The number of ether oxygens (including phenoxy) is 4. The summed E-state index contributed by atoms with van der Waals surface area (Å²) in [5, 5.41) is 0. The Morgan fingerprint density at radius 2 is 1.20 bits per heavy atom. The van der Waals surface area contributed by atoms with Crippen LogP contribution in [0.15, 0.2) is 60.7 Å². The first kappa shape index (κ1) is 26.0. The van der Waals surface area contributed by atoms with Gasteiger partial charge in [-0.15, -0.1) is 0 Å². The van der Waals surface area contributed by atoms with E-state index in [1.165, 1.54) is 32.1 Å². The molecule has 5 heteroatoms. The molecule has 2 saturated heterocycles. The molecule has 6 atom stereocenters. The van der Waals surface area contributed by atoms with Gasteiger partial charge in [0.05, 0.1) is 24.4 Å². The molecule has 2 heterocycles. The van der Waals surface area contributed by atoms with E-state index in [1.807, 2.05) is 48.5 Å². The highest BCUT2D eigenvalue weighted by atomic mass is 16.7. The van der Waals surface area contributed by atoms with Gasteiger partial charge in [0.2, 0.25) is 0 Å². The maximum absolute atomic E-state index is 11.3. The molecule has 4 rings (SSSR count). The molecule has 35 heavy (non-hydrogen) atoms. The van der Waals surface area contributed by atoms with Gasteiger partial charge in [-0.25, -0.2) is 0 Å². The fourth-order valence-corrected chi connectivity index (χ4v) is 5.12. The van der Waals surface area contributed by atoms with Crippen molar-refractivity contribution < 1.29 is 23.7 Å². The van der Waals surface area contributed by atoms with Crippen molar-refractivity contribution >= 4 is 6.29 Å². The minimum atomic E-state index is -0.459. The Kier molecular flexibility index (Phi) is 10.3. The average molecular weight is 481 g/mol. The van der Waals surface area contributed by atoms with E-state index >= 15 is 0 Å². The molecule has 0 radical (unpaired) electrons. The Labute approximate surface area is 210 Å². The van der Waals surface area contributed by atoms with Gasteiger partial charge in [-0.1, -0.05) is 99.7 Å². The zero-order valence-electron chi connectivity index (χ0n) is 20.9. The molecule has 0 aliphatic carbocycles. The van der Waals surface area contributed by atoms with Crippen LogP contribution in [0.4, 0.5) is 0 Å². The first-order valence-corrected chi connectivity index (χ1v) is 13.4. The third-order valence-corrected chi connectivity index (χ3v) is 6.97. The summed E-state index contributed by atoms with van der Waals surface area (Å²) in [5.41, 5.74) is 2.04. The van der Waals surface area contributed by atoms with Crippen molar-refractivity contribution in [3.8, 4) is 0 Å². The normalized spacial score (nSPS) is 29.1. The van der Waals surface area contributed by atoms with Crippen molar-refractivity contribution in [2.45, 2.75) is 108 Å². The van der Waals surface area contributed by atoms with Crippen LogP contribution in [0.3, 0.4) is 0 Å². The second kappa shape index (κ2) is 13.9. The van der Waals surface area contributed by atoms with Gasteiger partial charge in [0.1, 0.15) is 6.29 Å². The topological polar surface area (TPSA) is 54.0 Å². The van der Waals surface area contributed by atoms with E-state index in [0.717, 1.165) is 36.7 Å². The van der Waals surface area contributed by atoms with Crippen molar-refractivity contribution in [2.75, 3.05) is 0 Å². The largest absolute Gasteiger partial charge is 0.345 e. The molecule has 0 bridgehead atoms. The predicted molar refractivity (Wildman–Crippen MR) is 136 cm³/mol. The van der Waals surface area contributed by atoms with Crippen LogP contribution in [-0.2, 0) is 23.7 Å². The molecule has 2 aliphatic rings. The Morgan fingerprint density at radius 3 is 1.77 bits per heavy atom. The summed E-state index contributed by atoms with van der Waals surface area (Å²) >= 11 is 0. The van der Waals surface area contributed by atoms with Crippen molar-refractivity contribution in [3.63, 3.8) is 0 Å². The van der Waals surface area contributed by atoms with Crippen LogP contribution in [0.2, 0.25) is 0 Å². The fourth-order valence-electron chi connectivity index (χ4n) is 5.12. The van der Waals surface area contributed by atoms with Gasteiger partial charge >= 0.3 is 0 Å². The first-order valence-electron chi connectivity index (χ1n) is 13.4. The second-order valence-corrected chi connectivity index (χ2v) is 9.83. The number of unbranched alkanes of at least 4 members (excludes halogenated alkanes) is 4. The van der Waals surface area contributed by atoms with Gasteiger partial charge in [0.15, 0.2) is 12.6 Å². The number of aldehydes is 1. The lowest BCUT2D eigenvalue weighted by Gasteiger charge is -2.40. The zero-order valence-corrected chi connectivity index (χ0v) is 20.9. The number of rotatable bonds is 12. The molecule has 0 unspecified atom stereocenters. The molecule has 2 aliphatic heterocycles. The lowest BCUT2D eigenvalue weighted by molar-refractivity contribution is -0.277. The highest BCUT2D eigenvalue weighted by Gasteiger charge is 2.36. The van der Waals surface area contributed by atoms with Crippen molar-refractivity contribution in [1.82, 2.24) is 0 Å².